The van der Waals surface area contributed by atoms with Crippen LogP contribution in [0.15, 0.2) is 53.6 Å². The largest absolute Gasteiger partial charge is 0.481 e. The van der Waals surface area contributed by atoms with Crippen molar-refractivity contribution in [1.82, 2.24) is 14.6 Å². The van der Waals surface area contributed by atoms with Gasteiger partial charge in [0.05, 0.1) is 17.6 Å². The van der Waals surface area contributed by atoms with Gasteiger partial charge in [-0.15, -0.1) is 0 Å². The third-order valence-corrected chi connectivity index (χ3v) is 6.86. The van der Waals surface area contributed by atoms with Crippen molar-refractivity contribution in [2.75, 3.05) is 13.7 Å². The lowest BCUT2D eigenvalue weighted by Gasteiger charge is -2.31. The molecule has 1 aliphatic heterocycles. The van der Waals surface area contributed by atoms with E-state index >= 15 is 0 Å². The van der Waals surface area contributed by atoms with Crippen molar-refractivity contribution in [2.45, 2.75) is 29.8 Å². The fourth-order valence-corrected chi connectivity index (χ4v) is 5.35. The third-order valence-electron chi connectivity index (χ3n) is 5.36. The first-order chi connectivity index (χ1) is 13.0. The summed E-state index contributed by atoms with van der Waals surface area (Å²) < 4.78 is 32.9. The summed E-state index contributed by atoms with van der Waals surface area (Å²) in [4.78, 5) is 18.9. The number of sulfonamides is 1. The first kappa shape index (κ1) is 17.9. The van der Waals surface area contributed by atoms with E-state index in [1.165, 1.54) is 13.3 Å². The molecular weight excluding hydrogens is 366 g/mol. The molecule has 0 spiro atoms. The molecule has 3 atom stereocenters. The summed E-state index contributed by atoms with van der Waals surface area (Å²) in [5.41, 5.74) is 0.518. The Kier molecular flexibility index (Phi) is 4.61. The highest BCUT2D eigenvalue weighted by Gasteiger charge is 2.47. The van der Waals surface area contributed by atoms with E-state index in [9.17, 15) is 13.2 Å². The number of ether oxygens (including phenoxy) is 1. The van der Waals surface area contributed by atoms with Gasteiger partial charge in [0.1, 0.15) is 0 Å². The van der Waals surface area contributed by atoms with Gasteiger partial charge in [-0.3, -0.25) is 4.79 Å². The molecule has 1 aromatic carbocycles. The Hall–Kier alpha value is -2.45. The van der Waals surface area contributed by atoms with Gasteiger partial charge in [-0.05, 0) is 37.0 Å². The normalized spacial score (nSPS) is 24.2. The van der Waals surface area contributed by atoms with Crippen LogP contribution < -0.4 is 9.46 Å². The van der Waals surface area contributed by atoms with Crippen molar-refractivity contribution in [2.24, 2.45) is 5.92 Å². The summed E-state index contributed by atoms with van der Waals surface area (Å²) in [5, 5.41) is 0. The molecular formula is C19H21N3O4S. The zero-order valence-corrected chi connectivity index (χ0v) is 15.7. The number of pyridine rings is 1. The maximum Gasteiger partial charge on any atom is 0.255 e. The second-order valence-corrected chi connectivity index (χ2v) is 8.69. The Morgan fingerprint density at radius 1 is 1.19 bits per heavy atom. The van der Waals surface area contributed by atoms with E-state index in [0.29, 0.717) is 24.4 Å². The van der Waals surface area contributed by atoms with E-state index in [1.54, 1.807) is 42.5 Å². The highest BCUT2D eigenvalue weighted by Crippen LogP contribution is 2.39. The van der Waals surface area contributed by atoms with Crippen molar-refractivity contribution in [3.63, 3.8) is 0 Å². The number of aromatic nitrogens is 1. The van der Waals surface area contributed by atoms with Crippen molar-refractivity contribution < 1.29 is 17.9 Å². The summed E-state index contributed by atoms with van der Waals surface area (Å²) in [7, 11) is -2.01. The SMILES string of the molecule is COc1ccc(C(=O)N2C[C@@H]3C[C@H]2C[C@@H]3NS(=O)(=O)c2ccccc2)cn1. The van der Waals surface area contributed by atoms with Crippen LogP contribution in [0.1, 0.15) is 23.2 Å². The molecule has 2 heterocycles. The fraction of sp³-hybridized carbons (Fsp3) is 0.368. The molecule has 8 heteroatoms. The molecule has 142 valence electrons. The molecule has 1 aromatic heterocycles. The van der Waals surface area contributed by atoms with Crippen LogP contribution in [0.25, 0.3) is 0 Å². The predicted molar refractivity (Wildman–Crippen MR) is 98.9 cm³/mol. The second kappa shape index (κ2) is 6.94. The monoisotopic (exact) mass is 387 g/mol. The van der Waals surface area contributed by atoms with E-state index in [1.807, 2.05) is 4.90 Å². The molecule has 7 nitrogen and oxygen atoms in total. The molecule has 1 saturated carbocycles. The molecule has 1 aliphatic carbocycles. The molecule has 2 fully saturated rings. The molecule has 2 aliphatic rings. The molecule has 1 amide bonds. The van der Waals surface area contributed by atoms with Gasteiger partial charge in [0.15, 0.2) is 0 Å². The van der Waals surface area contributed by atoms with Crippen molar-refractivity contribution >= 4 is 15.9 Å². The average molecular weight is 387 g/mol. The number of piperidine rings is 1. The fourth-order valence-electron chi connectivity index (χ4n) is 4.01. The zero-order chi connectivity index (χ0) is 19.0. The standard InChI is InChI=1S/C19H21N3O4S/c1-26-18-8-7-13(11-20-18)19(23)22-12-14-9-15(22)10-17(14)21-27(24,25)16-5-3-2-4-6-16/h2-8,11,14-15,17,21H,9-10,12H2,1H3/t14-,15-,17-/m0/s1. The van der Waals surface area contributed by atoms with E-state index in [-0.39, 0.29) is 28.8 Å². The summed E-state index contributed by atoms with van der Waals surface area (Å²) >= 11 is 0. The van der Waals surface area contributed by atoms with Gasteiger partial charge in [-0.2, -0.15) is 0 Å². The maximum absolute atomic E-state index is 12.8. The number of hydrogen-bond acceptors (Lipinski definition) is 5. The van der Waals surface area contributed by atoms with Crippen LogP contribution in [0, 0.1) is 5.92 Å². The number of nitrogens with one attached hydrogen (secondary N) is 1. The van der Waals surface area contributed by atoms with Crippen molar-refractivity contribution in [3.8, 4) is 5.88 Å². The highest BCUT2D eigenvalue weighted by atomic mass is 32.2. The van der Waals surface area contributed by atoms with Crippen molar-refractivity contribution in [3.05, 3.63) is 54.2 Å². The lowest BCUT2D eigenvalue weighted by molar-refractivity contribution is 0.0691. The van der Waals surface area contributed by atoms with Crippen molar-refractivity contribution in [1.29, 1.82) is 0 Å². The number of methoxy groups -OCH3 is 1. The summed E-state index contributed by atoms with van der Waals surface area (Å²) in [6, 6.07) is 11.6. The average Bonchev–Trinajstić information content (AvgIpc) is 3.28. The number of hydrogen-bond donors (Lipinski definition) is 1. The molecule has 27 heavy (non-hydrogen) atoms. The van der Waals surface area contributed by atoms with Crippen LogP contribution in [0.5, 0.6) is 5.88 Å². The van der Waals surface area contributed by atoms with Gasteiger partial charge in [0.2, 0.25) is 15.9 Å². The first-order valence-electron chi connectivity index (χ1n) is 8.86. The number of fused-ring (bicyclic) bond motifs is 2. The number of rotatable bonds is 5. The maximum atomic E-state index is 12.8. The van der Waals surface area contributed by atoms with E-state index in [4.69, 9.17) is 4.74 Å². The van der Waals surface area contributed by atoms with E-state index in [2.05, 4.69) is 9.71 Å². The Labute approximate surface area is 158 Å². The topological polar surface area (TPSA) is 88.6 Å². The van der Waals surface area contributed by atoms with Gasteiger partial charge in [-0.1, -0.05) is 18.2 Å². The first-order valence-corrected chi connectivity index (χ1v) is 10.3. The number of carbonyl (C=O) groups excluding carboxylic acids is 1. The number of carbonyl (C=O) groups is 1. The van der Waals surface area contributed by atoms with Crippen LogP contribution in [0.3, 0.4) is 0 Å². The molecule has 0 unspecified atom stereocenters. The van der Waals surface area contributed by atoms with Crippen LogP contribution in [0.4, 0.5) is 0 Å². The smallest absolute Gasteiger partial charge is 0.255 e. The van der Waals surface area contributed by atoms with Crippen LogP contribution in [0.2, 0.25) is 0 Å². The quantitative estimate of drug-likeness (QED) is 0.843. The zero-order valence-electron chi connectivity index (χ0n) is 14.9. The van der Waals surface area contributed by atoms with Crippen LogP contribution in [-0.4, -0.2) is 49.9 Å². The van der Waals surface area contributed by atoms with E-state index in [0.717, 1.165) is 6.42 Å². The Morgan fingerprint density at radius 2 is 1.96 bits per heavy atom. The molecule has 1 saturated heterocycles. The number of benzene rings is 1. The lowest BCUT2D eigenvalue weighted by Crippen LogP contribution is -2.47. The van der Waals surface area contributed by atoms with Gasteiger partial charge in [-0.25, -0.2) is 18.1 Å². The van der Waals surface area contributed by atoms with Crippen LogP contribution >= 0.6 is 0 Å². The lowest BCUT2D eigenvalue weighted by atomic mass is 10.0. The number of amides is 1. The minimum absolute atomic E-state index is 0.0491. The van der Waals surface area contributed by atoms with E-state index < -0.39 is 10.0 Å². The summed E-state index contributed by atoms with van der Waals surface area (Å²) in [5.74, 6) is 0.524. The van der Waals surface area contributed by atoms with Gasteiger partial charge in [0, 0.05) is 30.9 Å². The predicted octanol–water partition coefficient (Wildman–Crippen LogP) is 1.67. The molecule has 2 bridgehead atoms. The van der Waals surface area contributed by atoms with Gasteiger partial charge in [0.25, 0.3) is 5.91 Å². The van der Waals surface area contributed by atoms with Crippen LogP contribution in [-0.2, 0) is 10.0 Å². The molecule has 4 rings (SSSR count). The molecule has 2 aromatic rings. The molecule has 0 radical (unpaired) electrons. The Bertz CT molecular complexity index is 931. The summed E-state index contributed by atoms with van der Waals surface area (Å²) in [6.45, 7) is 0.553. The molecule has 1 N–H and O–H groups in total. The minimum atomic E-state index is -3.54. The second-order valence-electron chi connectivity index (χ2n) is 6.97. The van der Waals surface area contributed by atoms with Gasteiger partial charge < -0.3 is 9.64 Å². The number of nitrogens with zero attached hydrogens (tertiary/aromatic N) is 2. The van der Waals surface area contributed by atoms with Gasteiger partial charge >= 0.3 is 0 Å². The number of likely N-dealkylation sites (tertiary alicyclic amines) is 1. The highest BCUT2D eigenvalue weighted by molar-refractivity contribution is 7.89. The Balaban J connectivity index is 1.42. The summed E-state index contributed by atoms with van der Waals surface area (Å²) in [6.07, 6.45) is 2.96. The Morgan fingerprint density at radius 3 is 2.56 bits per heavy atom. The third kappa shape index (κ3) is 3.42. The minimum Gasteiger partial charge on any atom is -0.481 e.